The van der Waals surface area contributed by atoms with Crippen molar-refractivity contribution >= 4 is 23.4 Å². The molecule has 1 aliphatic rings. The van der Waals surface area contributed by atoms with Crippen molar-refractivity contribution in [2.24, 2.45) is 0 Å². The molecule has 1 heterocycles. The lowest BCUT2D eigenvalue weighted by Gasteiger charge is -2.36. The number of fused-ring (bicyclic) bond motifs is 2. The molecular formula is C24H23ClOS. The van der Waals surface area contributed by atoms with E-state index in [1.54, 1.807) is 0 Å². The Kier molecular flexibility index (Phi) is 4.42. The Morgan fingerprint density at radius 2 is 1.59 bits per heavy atom. The average Bonchev–Trinajstić information content (AvgIpc) is 2.61. The first-order valence-corrected chi connectivity index (χ1v) is 10.3. The lowest BCUT2D eigenvalue weighted by atomic mass is 9.76. The van der Waals surface area contributed by atoms with Crippen molar-refractivity contribution in [2.75, 3.05) is 0 Å². The summed E-state index contributed by atoms with van der Waals surface area (Å²) in [6.07, 6.45) is 0. The summed E-state index contributed by atoms with van der Waals surface area (Å²) in [7, 11) is 0. The van der Waals surface area contributed by atoms with Crippen molar-refractivity contribution in [3.63, 3.8) is 0 Å². The Hall–Kier alpha value is -1.74. The van der Waals surface area contributed by atoms with E-state index in [2.05, 4.69) is 56.3 Å². The molecule has 1 nitrogen and oxygen atoms in total. The van der Waals surface area contributed by atoms with Gasteiger partial charge >= 0.3 is 0 Å². The van der Waals surface area contributed by atoms with Crippen LogP contribution in [0.4, 0.5) is 0 Å². The second kappa shape index (κ2) is 6.41. The van der Waals surface area contributed by atoms with Crippen molar-refractivity contribution in [3.8, 4) is 11.1 Å². The summed E-state index contributed by atoms with van der Waals surface area (Å²) in [5.41, 5.74) is 4.66. The van der Waals surface area contributed by atoms with Crippen LogP contribution in [0.2, 0.25) is 5.02 Å². The van der Waals surface area contributed by atoms with Gasteiger partial charge in [-0.2, -0.15) is 0 Å². The van der Waals surface area contributed by atoms with Crippen LogP contribution in [0.5, 0.6) is 0 Å². The van der Waals surface area contributed by atoms with Crippen LogP contribution in [0.3, 0.4) is 0 Å². The molecule has 0 saturated carbocycles. The van der Waals surface area contributed by atoms with Gasteiger partial charge in [0.2, 0.25) is 0 Å². The number of aliphatic hydroxyl groups is 1. The van der Waals surface area contributed by atoms with Gasteiger partial charge in [0.25, 0.3) is 0 Å². The van der Waals surface area contributed by atoms with Crippen LogP contribution < -0.4 is 0 Å². The maximum Gasteiger partial charge on any atom is 0.0847 e. The van der Waals surface area contributed by atoms with Gasteiger partial charge in [0.05, 0.1) is 5.60 Å². The molecule has 0 bridgehead atoms. The Labute approximate surface area is 170 Å². The zero-order chi connectivity index (χ0) is 19.4. The van der Waals surface area contributed by atoms with Gasteiger partial charge in [-0.3, -0.25) is 0 Å². The minimum atomic E-state index is -0.976. The molecule has 3 aromatic carbocycles. The number of hydrogen-bond donors (Lipinski definition) is 1. The van der Waals surface area contributed by atoms with Gasteiger partial charge in [-0.05, 0) is 59.9 Å². The highest BCUT2D eigenvalue weighted by molar-refractivity contribution is 7.99. The molecule has 0 radical (unpaired) electrons. The Balaban J connectivity index is 1.99. The molecule has 138 valence electrons. The summed E-state index contributed by atoms with van der Waals surface area (Å²) in [5, 5.41) is 11.4. The molecule has 4 rings (SSSR count). The Morgan fingerprint density at radius 3 is 2.33 bits per heavy atom. The third kappa shape index (κ3) is 3.10. The lowest BCUT2D eigenvalue weighted by Crippen LogP contribution is -2.24. The van der Waals surface area contributed by atoms with Gasteiger partial charge in [-0.25, -0.2) is 0 Å². The normalized spacial score (nSPS) is 15.2. The minimum absolute atomic E-state index is 0.0749. The van der Waals surface area contributed by atoms with Crippen LogP contribution in [0.25, 0.3) is 11.1 Å². The van der Waals surface area contributed by atoms with Crippen molar-refractivity contribution < 1.29 is 5.11 Å². The molecule has 1 N–H and O–H groups in total. The highest BCUT2D eigenvalue weighted by atomic mass is 35.5. The second-order valence-corrected chi connectivity index (χ2v) is 9.64. The molecule has 1 aliphatic heterocycles. The van der Waals surface area contributed by atoms with Gasteiger partial charge < -0.3 is 5.11 Å². The second-order valence-electron chi connectivity index (χ2n) is 8.15. The van der Waals surface area contributed by atoms with Crippen LogP contribution in [0, 0.1) is 0 Å². The molecule has 3 heteroatoms. The highest BCUT2D eigenvalue weighted by Gasteiger charge is 2.34. The van der Waals surface area contributed by atoms with Gasteiger partial charge in [-0.1, -0.05) is 79.7 Å². The zero-order valence-corrected chi connectivity index (χ0v) is 17.6. The monoisotopic (exact) mass is 394 g/mol. The van der Waals surface area contributed by atoms with Crippen molar-refractivity contribution in [1.29, 1.82) is 0 Å². The van der Waals surface area contributed by atoms with Crippen molar-refractivity contribution in [3.05, 3.63) is 82.4 Å². The molecule has 0 fully saturated rings. The first kappa shape index (κ1) is 18.6. The summed E-state index contributed by atoms with van der Waals surface area (Å²) < 4.78 is 0. The average molecular weight is 395 g/mol. The molecule has 0 spiro atoms. The van der Waals surface area contributed by atoms with Gasteiger partial charge in [0.15, 0.2) is 0 Å². The van der Waals surface area contributed by atoms with E-state index < -0.39 is 5.60 Å². The lowest BCUT2D eigenvalue weighted by molar-refractivity contribution is 0.0792. The molecule has 0 saturated heterocycles. The van der Waals surface area contributed by atoms with Gasteiger partial charge in [0, 0.05) is 20.2 Å². The smallest absolute Gasteiger partial charge is 0.0847 e. The fourth-order valence-electron chi connectivity index (χ4n) is 3.94. The van der Waals surface area contributed by atoms with E-state index in [0.29, 0.717) is 5.02 Å². The quantitative estimate of drug-likeness (QED) is 0.503. The van der Waals surface area contributed by atoms with Crippen LogP contribution in [0.1, 0.15) is 44.4 Å². The van der Waals surface area contributed by atoms with Crippen LogP contribution in [0.15, 0.2) is 70.5 Å². The van der Waals surface area contributed by atoms with Gasteiger partial charge in [0.1, 0.15) is 0 Å². The van der Waals surface area contributed by atoms with E-state index in [9.17, 15) is 5.11 Å². The first-order valence-electron chi connectivity index (χ1n) is 9.13. The minimum Gasteiger partial charge on any atom is -0.386 e. The van der Waals surface area contributed by atoms with E-state index in [1.807, 2.05) is 43.8 Å². The summed E-state index contributed by atoms with van der Waals surface area (Å²) in [6, 6.07) is 20.9. The third-order valence-corrected chi connectivity index (χ3v) is 6.85. The maximum atomic E-state index is 10.8. The zero-order valence-electron chi connectivity index (χ0n) is 16.0. The molecule has 0 aliphatic carbocycles. The molecular weight excluding hydrogens is 372 g/mol. The summed E-state index contributed by atoms with van der Waals surface area (Å²) >= 11 is 8.06. The number of rotatable bonds is 2. The summed E-state index contributed by atoms with van der Waals surface area (Å²) in [6.45, 7) is 8.19. The first-order chi connectivity index (χ1) is 12.7. The number of halogens is 1. The van der Waals surface area contributed by atoms with E-state index >= 15 is 0 Å². The Morgan fingerprint density at radius 1 is 0.889 bits per heavy atom. The largest absolute Gasteiger partial charge is 0.386 e. The molecule has 0 unspecified atom stereocenters. The van der Waals surface area contributed by atoms with E-state index in [0.717, 1.165) is 16.7 Å². The molecule has 0 atom stereocenters. The predicted molar refractivity (Wildman–Crippen MR) is 115 cm³/mol. The summed E-state index contributed by atoms with van der Waals surface area (Å²) in [5.74, 6) is 0. The number of benzene rings is 3. The summed E-state index contributed by atoms with van der Waals surface area (Å²) in [4.78, 5) is 2.55. The topological polar surface area (TPSA) is 20.2 Å². The van der Waals surface area contributed by atoms with E-state index in [4.69, 9.17) is 11.6 Å². The SMILES string of the molecule is CC(C)(O)c1cc(Cl)ccc1-c1cccc2c1Sc1ccccc1C2(C)C. The Bertz CT molecular complexity index is 1030. The third-order valence-electron chi connectivity index (χ3n) is 5.39. The molecule has 0 amide bonds. The molecule has 3 aromatic rings. The number of hydrogen-bond acceptors (Lipinski definition) is 2. The standard InChI is InChI=1S/C24H23ClOS/c1-23(2)18-9-5-6-11-21(18)27-22-17(8-7-10-19(22)23)16-13-12-15(25)14-20(16)24(3,4)26/h5-14,26H,1-4H3. The fraction of sp³-hybridized carbons (Fsp3) is 0.250. The van der Waals surface area contributed by atoms with Crippen LogP contribution in [-0.4, -0.2) is 5.11 Å². The molecule has 27 heavy (non-hydrogen) atoms. The predicted octanol–water partition coefficient (Wildman–Crippen LogP) is 7.02. The fourth-order valence-corrected chi connectivity index (χ4v) is 5.63. The van der Waals surface area contributed by atoms with E-state index in [-0.39, 0.29) is 5.41 Å². The van der Waals surface area contributed by atoms with Crippen LogP contribution in [-0.2, 0) is 11.0 Å². The van der Waals surface area contributed by atoms with Gasteiger partial charge in [-0.15, -0.1) is 0 Å². The highest BCUT2D eigenvalue weighted by Crippen LogP contribution is 2.52. The molecule has 0 aromatic heterocycles. The van der Waals surface area contributed by atoms with Crippen LogP contribution >= 0.6 is 23.4 Å². The maximum absolute atomic E-state index is 10.8. The van der Waals surface area contributed by atoms with Crippen molar-refractivity contribution in [1.82, 2.24) is 0 Å². The van der Waals surface area contributed by atoms with E-state index in [1.165, 1.54) is 20.9 Å². The van der Waals surface area contributed by atoms with Crippen molar-refractivity contribution in [2.45, 2.75) is 48.5 Å².